The first kappa shape index (κ1) is 23.1. The van der Waals surface area contributed by atoms with E-state index in [0.717, 1.165) is 19.3 Å². The van der Waals surface area contributed by atoms with Gasteiger partial charge in [0.25, 0.3) is 8.32 Å². The lowest BCUT2D eigenvalue weighted by Gasteiger charge is -2.43. The maximum atomic E-state index is 7.22. The van der Waals surface area contributed by atoms with Gasteiger partial charge in [-0.1, -0.05) is 101 Å². The van der Waals surface area contributed by atoms with Gasteiger partial charge in [0.2, 0.25) is 6.54 Å². The highest BCUT2D eigenvalue weighted by molar-refractivity contribution is 6.99. The molecule has 0 N–H and O–H groups in total. The molecule has 0 spiro atoms. The summed E-state index contributed by atoms with van der Waals surface area (Å²) in [6.45, 7) is 21.7. The van der Waals surface area contributed by atoms with Gasteiger partial charge in [0, 0.05) is 13.0 Å². The molecule has 0 aliphatic carbocycles. The zero-order valence-corrected chi connectivity index (χ0v) is 19.4. The minimum absolute atomic E-state index is 0.0260. The van der Waals surface area contributed by atoms with Crippen molar-refractivity contribution in [2.75, 3.05) is 13.2 Å². The van der Waals surface area contributed by atoms with E-state index < -0.39 is 8.32 Å². The highest BCUT2D eigenvalue weighted by atomic mass is 28.4. The van der Waals surface area contributed by atoms with Crippen molar-refractivity contribution in [3.63, 3.8) is 0 Å². The molecule has 0 unspecified atom stereocenters. The molecule has 3 heteroatoms. The third-order valence-electron chi connectivity index (χ3n) is 5.68. The van der Waals surface area contributed by atoms with E-state index in [-0.39, 0.29) is 5.04 Å². The van der Waals surface area contributed by atoms with E-state index in [2.05, 4.69) is 99.8 Å². The van der Waals surface area contributed by atoms with Crippen molar-refractivity contribution in [2.45, 2.75) is 52.0 Å². The number of hydrogen-bond acceptors (Lipinski definition) is 1. The zero-order chi connectivity index (χ0) is 21.3. The zero-order valence-electron chi connectivity index (χ0n) is 18.4. The average Bonchev–Trinajstić information content (AvgIpc) is 2.72. The molecule has 0 saturated carbocycles. The Morgan fingerprint density at radius 1 is 1.03 bits per heavy atom. The van der Waals surface area contributed by atoms with Crippen LogP contribution in [-0.4, -0.2) is 21.5 Å². The second-order valence-electron chi connectivity index (χ2n) is 8.82. The van der Waals surface area contributed by atoms with E-state index in [1.54, 1.807) is 0 Å². The maximum Gasteiger partial charge on any atom is 0.261 e. The Morgan fingerprint density at radius 2 is 1.55 bits per heavy atom. The van der Waals surface area contributed by atoms with Gasteiger partial charge >= 0.3 is 0 Å². The molecule has 2 nitrogen and oxygen atoms in total. The topological polar surface area (TPSA) is 13.6 Å². The number of allylic oxidation sites excluding steroid dienone is 1. The van der Waals surface area contributed by atoms with Gasteiger partial charge in [-0.15, -0.1) is 0 Å². The van der Waals surface area contributed by atoms with Gasteiger partial charge in [0.15, 0.2) is 0 Å². The minimum Gasteiger partial charge on any atom is -0.407 e. The molecular weight excluding hydrogens is 370 g/mol. The van der Waals surface area contributed by atoms with Crippen LogP contribution in [-0.2, 0) is 4.43 Å². The van der Waals surface area contributed by atoms with E-state index in [1.807, 2.05) is 0 Å². The van der Waals surface area contributed by atoms with E-state index in [0.29, 0.717) is 19.1 Å². The maximum absolute atomic E-state index is 7.22. The van der Waals surface area contributed by atoms with Crippen LogP contribution in [0.15, 0.2) is 72.8 Å². The fraction of sp³-hybridized carbons (Fsp3) is 0.423. The molecular formula is C26H35NOSi. The summed E-state index contributed by atoms with van der Waals surface area (Å²) in [5.41, 5.74) is 1.24. The normalized spacial score (nSPS) is 12.9. The van der Waals surface area contributed by atoms with Crippen molar-refractivity contribution in [2.24, 2.45) is 5.92 Å². The van der Waals surface area contributed by atoms with Crippen LogP contribution in [0.1, 0.15) is 47.0 Å². The number of benzene rings is 2. The Bertz CT molecular complexity index is 763. The molecule has 0 heterocycles. The lowest BCUT2D eigenvalue weighted by Crippen LogP contribution is -2.66. The molecule has 29 heavy (non-hydrogen) atoms. The molecule has 0 aliphatic rings. The van der Waals surface area contributed by atoms with Crippen molar-refractivity contribution < 1.29 is 4.43 Å². The van der Waals surface area contributed by atoms with Gasteiger partial charge in [0.05, 0.1) is 0 Å². The molecule has 0 saturated heterocycles. The van der Waals surface area contributed by atoms with Crippen molar-refractivity contribution in [1.82, 2.24) is 0 Å². The first-order valence-electron chi connectivity index (χ1n) is 10.6. The predicted molar refractivity (Wildman–Crippen MR) is 127 cm³/mol. The minimum atomic E-state index is -2.52. The van der Waals surface area contributed by atoms with Crippen LogP contribution in [0.5, 0.6) is 0 Å². The summed E-state index contributed by atoms with van der Waals surface area (Å²) in [5, 5.41) is 2.58. The monoisotopic (exact) mass is 405 g/mol. The van der Waals surface area contributed by atoms with Crippen molar-refractivity contribution in [3.8, 4) is 0 Å². The molecule has 154 valence electrons. The van der Waals surface area contributed by atoms with Crippen molar-refractivity contribution >= 4 is 18.7 Å². The quantitative estimate of drug-likeness (QED) is 0.275. The second-order valence-corrected chi connectivity index (χ2v) is 13.1. The molecule has 0 amide bonds. The number of hydrogen-bond donors (Lipinski definition) is 0. The highest BCUT2D eigenvalue weighted by Crippen LogP contribution is 2.37. The molecule has 0 radical (unpaired) electrons. The van der Waals surface area contributed by atoms with Gasteiger partial charge in [-0.25, -0.2) is 6.57 Å². The molecule has 2 aromatic rings. The van der Waals surface area contributed by atoms with Crippen LogP contribution in [0, 0.1) is 12.5 Å². The Kier molecular flexibility index (Phi) is 8.43. The molecule has 0 aliphatic heterocycles. The van der Waals surface area contributed by atoms with Crippen molar-refractivity contribution in [1.29, 1.82) is 0 Å². The van der Waals surface area contributed by atoms with Crippen molar-refractivity contribution in [3.05, 3.63) is 84.2 Å². The summed E-state index contributed by atoms with van der Waals surface area (Å²) in [4.78, 5) is 3.59. The van der Waals surface area contributed by atoms with E-state index in [4.69, 9.17) is 11.0 Å². The number of rotatable bonds is 10. The summed E-state index contributed by atoms with van der Waals surface area (Å²) in [6.07, 6.45) is 2.78. The molecule has 0 fully saturated rings. The van der Waals surface area contributed by atoms with Crippen LogP contribution in [0.25, 0.3) is 4.85 Å². The standard InChI is InChI=1S/C26H35NOSi/c1-7-22(2)20-23(18-19-27-6)21-28-29(26(3,4)5,24-14-10-8-11-15-24)25-16-12-9-13-17-25/h8-17,23H,2,7,18-21H2,1,3-5H3/t23-/m1/s1. The predicted octanol–water partition coefficient (Wildman–Crippen LogP) is 5.84. The van der Waals surface area contributed by atoms with Crippen LogP contribution >= 0.6 is 0 Å². The van der Waals surface area contributed by atoms with Crippen LogP contribution < -0.4 is 10.4 Å². The number of nitrogens with zero attached hydrogens (tertiary/aromatic N) is 1. The molecule has 2 rings (SSSR count). The van der Waals surface area contributed by atoms with E-state index in [1.165, 1.54) is 15.9 Å². The highest BCUT2D eigenvalue weighted by Gasteiger charge is 2.50. The van der Waals surface area contributed by atoms with E-state index >= 15 is 0 Å². The Labute approximate surface area is 178 Å². The van der Waals surface area contributed by atoms with Crippen LogP contribution in [0.2, 0.25) is 5.04 Å². The lowest BCUT2D eigenvalue weighted by atomic mass is 9.97. The molecule has 0 aromatic heterocycles. The van der Waals surface area contributed by atoms with E-state index in [9.17, 15) is 0 Å². The Balaban J connectivity index is 2.47. The second kappa shape index (κ2) is 10.6. The van der Waals surface area contributed by atoms with Crippen LogP contribution in [0.4, 0.5) is 0 Å². The van der Waals surface area contributed by atoms with Gasteiger partial charge in [-0.05, 0) is 34.2 Å². The summed E-state index contributed by atoms with van der Waals surface area (Å²) in [6, 6.07) is 21.5. The average molecular weight is 406 g/mol. The molecule has 0 bridgehead atoms. The smallest absolute Gasteiger partial charge is 0.261 e. The third-order valence-corrected chi connectivity index (χ3v) is 10.7. The largest absolute Gasteiger partial charge is 0.407 e. The molecule has 1 atom stereocenters. The Hall–Kier alpha value is -2.15. The van der Waals surface area contributed by atoms with Gasteiger partial charge in [-0.3, -0.25) is 0 Å². The molecule has 2 aromatic carbocycles. The summed E-state index contributed by atoms with van der Waals surface area (Å²) >= 11 is 0. The third kappa shape index (κ3) is 5.69. The van der Waals surface area contributed by atoms with Gasteiger partial charge < -0.3 is 9.27 Å². The van der Waals surface area contributed by atoms with Gasteiger partial charge in [-0.2, -0.15) is 0 Å². The summed E-state index contributed by atoms with van der Waals surface area (Å²) in [7, 11) is -2.52. The van der Waals surface area contributed by atoms with Gasteiger partial charge in [0.1, 0.15) is 0 Å². The fourth-order valence-corrected chi connectivity index (χ4v) is 8.69. The first-order chi connectivity index (χ1) is 13.8. The SMILES string of the molecule is [C-]#[N+]CC[C@@H](CO[Si](c1ccccc1)(c1ccccc1)C(C)(C)C)CC(=C)CC. The fourth-order valence-electron chi connectivity index (χ4n) is 4.05. The Morgan fingerprint density at radius 3 is 1.97 bits per heavy atom. The van der Waals surface area contributed by atoms with Crippen LogP contribution in [0.3, 0.4) is 0 Å². The lowest BCUT2D eigenvalue weighted by molar-refractivity contribution is 0.229. The first-order valence-corrected chi connectivity index (χ1v) is 12.5. The summed E-state index contributed by atoms with van der Waals surface area (Å²) in [5.74, 6) is 0.332. The summed E-state index contributed by atoms with van der Waals surface area (Å²) < 4.78 is 7.07.